The number of aryl methyl sites for hydroxylation is 1. The van der Waals surface area contributed by atoms with Gasteiger partial charge in [-0.05, 0) is 48.9 Å². The minimum Gasteiger partial charge on any atom is -0.491 e. The third kappa shape index (κ3) is 5.43. The molecule has 0 atom stereocenters. The number of fused-ring (bicyclic) bond motifs is 1. The highest BCUT2D eigenvalue weighted by Crippen LogP contribution is 2.32. The molecule has 3 aromatic rings. The van der Waals surface area contributed by atoms with Crippen LogP contribution in [0.3, 0.4) is 0 Å². The number of anilines is 1. The molecule has 8 nitrogen and oxygen atoms in total. The fourth-order valence-corrected chi connectivity index (χ4v) is 4.52. The molecule has 1 aliphatic rings. The topological polar surface area (TPSA) is 94.2 Å². The van der Waals surface area contributed by atoms with Gasteiger partial charge >= 0.3 is 0 Å². The van der Waals surface area contributed by atoms with Gasteiger partial charge in [0.25, 0.3) is 15.9 Å². The van der Waals surface area contributed by atoms with Crippen LogP contribution in [0.25, 0.3) is 0 Å². The summed E-state index contributed by atoms with van der Waals surface area (Å²) in [5.41, 5.74) is 1.67. The van der Waals surface area contributed by atoms with E-state index in [2.05, 4.69) is 4.72 Å². The van der Waals surface area contributed by atoms with E-state index < -0.39 is 10.0 Å². The van der Waals surface area contributed by atoms with Crippen LogP contribution in [-0.4, -0.2) is 52.6 Å². The lowest BCUT2D eigenvalue weighted by Crippen LogP contribution is -2.31. The summed E-state index contributed by atoms with van der Waals surface area (Å²) in [4.78, 5) is 14.4. The number of para-hydroxylation sites is 1. The molecule has 0 saturated carbocycles. The second-order valence-corrected chi connectivity index (χ2v) is 9.51. The molecule has 9 heteroatoms. The number of likely N-dealkylation sites (N-methyl/N-ethyl adjacent to an activating group) is 1. The number of nitrogens with zero attached hydrogens (tertiary/aromatic N) is 1. The van der Waals surface area contributed by atoms with Gasteiger partial charge in [-0.3, -0.25) is 9.52 Å². The van der Waals surface area contributed by atoms with E-state index in [1.165, 1.54) is 23.1 Å². The molecule has 1 heterocycles. The quantitative estimate of drug-likeness (QED) is 0.526. The van der Waals surface area contributed by atoms with Gasteiger partial charge in [0.1, 0.15) is 25.6 Å². The maximum Gasteiger partial charge on any atom is 0.262 e. The van der Waals surface area contributed by atoms with Gasteiger partial charge in [-0.2, -0.15) is 0 Å². The SMILES string of the molecule is Cc1ccccc1OCCN(C)C(=O)c1cccc(NS(=O)(=O)c2ccc3c(c2)OCCO3)c1. The molecule has 0 saturated heterocycles. The van der Waals surface area contributed by atoms with Crippen LogP contribution in [0.4, 0.5) is 5.69 Å². The van der Waals surface area contributed by atoms with Crippen LogP contribution in [-0.2, 0) is 10.0 Å². The molecule has 1 aliphatic heterocycles. The van der Waals surface area contributed by atoms with Crippen molar-refractivity contribution in [2.75, 3.05) is 38.1 Å². The lowest BCUT2D eigenvalue weighted by Gasteiger charge is -2.19. The number of sulfonamides is 1. The van der Waals surface area contributed by atoms with Crippen molar-refractivity contribution in [1.82, 2.24) is 4.90 Å². The Kier molecular flexibility index (Phi) is 6.93. The Morgan fingerprint density at radius 2 is 1.76 bits per heavy atom. The Labute approximate surface area is 199 Å². The standard InChI is InChI=1S/C25H26N2O6S/c1-18-6-3-4-9-22(18)31-13-12-27(2)25(28)19-7-5-8-20(16-19)26-34(29,30)21-10-11-23-24(17-21)33-15-14-32-23/h3-11,16-17,26H,12-15H2,1-2H3. The minimum atomic E-state index is -3.89. The summed E-state index contributed by atoms with van der Waals surface area (Å²) in [6.07, 6.45) is 0. The summed E-state index contributed by atoms with van der Waals surface area (Å²) < 4.78 is 45.0. The lowest BCUT2D eigenvalue weighted by molar-refractivity contribution is 0.0773. The van der Waals surface area contributed by atoms with Gasteiger partial charge < -0.3 is 19.1 Å². The second-order valence-electron chi connectivity index (χ2n) is 7.83. The summed E-state index contributed by atoms with van der Waals surface area (Å²) >= 11 is 0. The molecule has 0 bridgehead atoms. The van der Waals surface area contributed by atoms with Gasteiger partial charge in [0.05, 0.1) is 11.4 Å². The van der Waals surface area contributed by atoms with E-state index in [0.29, 0.717) is 43.4 Å². The first-order valence-corrected chi connectivity index (χ1v) is 12.3. The molecule has 3 aromatic carbocycles. The van der Waals surface area contributed by atoms with Gasteiger partial charge in [0.2, 0.25) is 0 Å². The van der Waals surface area contributed by atoms with Crippen LogP contribution in [0.2, 0.25) is 0 Å². The maximum atomic E-state index is 12.9. The predicted octanol–water partition coefficient (Wildman–Crippen LogP) is 3.72. The van der Waals surface area contributed by atoms with E-state index in [1.54, 1.807) is 31.3 Å². The molecule has 0 aliphatic carbocycles. The first-order chi connectivity index (χ1) is 16.3. The zero-order valence-corrected chi connectivity index (χ0v) is 19.8. The van der Waals surface area contributed by atoms with Crippen molar-refractivity contribution in [3.63, 3.8) is 0 Å². The first-order valence-electron chi connectivity index (χ1n) is 10.8. The van der Waals surface area contributed by atoms with E-state index in [0.717, 1.165) is 11.3 Å². The van der Waals surface area contributed by atoms with E-state index in [9.17, 15) is 13.2 Å². The van der Waals surface area contributed by atoms with Crippen LogP contribution < -0.4 is 18.9 Å². The molecule has 0 aromatic heterocycles. The van der Waals surface area contributed by atoms with Crippen LogP contribution >= 0.6 is 0 Å². The van der Waals surface area contributed by atoms with Crippen molar-refractivity contribution in [3.05, 3.63) is 77.9 Å². The molecular formula is C25H26N2O6S. The molecule has 34 heavy (non-hydrogen) atoms. The Morgan fingerprint density at radius 3 is 2.56 bits per heavy atom. The number of ether oxygens (including phenoxy) is 3. The van der Waals surface area contributed by atoms with Crippen LogP contribution in [0, 0.1) is 6.92 Å². The molecule has 1 N–H and O–H groups in total. The van der Waals surface area contributed by atoms with E-state index in [1.807, 2.05) is 31.2 Å². The highest BCUT2D eigenvalue weighted by Gasteiger charge is 2.20. The van der Waals surface area contributed by atoms with E-state index in [4.69, 9.17) is 14.2 Å². The van der Waals surface area contributed by atoms with Crippen molar-refractivity contribution in [2.45, 2.75) is 11.8 Å². The van der Waals surface area contributed by atoms with Crippen LogP contribution in [0.15, 0.2) is 71.6 Å². The zero-order valence-electron chi connectivity index (χ0n) is 19.0. The monoisotopic (exact) mass is 482 g/mol. The van der Waals surface area contributed by atoms with Crippen molar-refractivity contribution in [2.24, 2.45) is 0 Å². The lowest BCUT2D eigenvalue weighted by atomic mass is 10.2. The highest BCUT2D eigenvalue weighted by molar-refractivity contribution is 7.92. The van der Waals surface area contributed by atoms with E-state index >= 15 is 0 Å². The zero-order chi connectivity index (χ0) is 24.1. The summed E-state index contributed by atoms with van der Waals surface area (Å²) in [5, 5.41) is 0. The summed E-state index contributed by atoms with van der Waals surface area (Å²) in [6, 6.07) is 18.5. The van der Waals surface area contributed by atoms with Gasteiger partial charge in [0, 0.05) is 24.4 Å². The summed E-state index contributed by atoms with van der Waals surface area (Å²) in [7, 11) is -2.21. The summed E-state index contributed by atoms with van der Waals surface area (Å²) in [6.45, 7) is 3.45. The molecule has 0 unspecified atom stereocenters. The van der Waals surface area contributed by atoms with Crippen LogP contribution in [0.1, 0.15) is 15.9 Å². The fraction of sp³-hybridized carbons (Fsp3) is 0.240. The van der Waals surface area contributed by atoms with E-state index in [-0.39, 0.29) is 16.5 Å². The van der Waals surface area contributed by atoms with Gasteiger partial charge in [0.15, 0.2) is 11.5 Å². The normalized spacial score (nSPS) is 12.6. The van der Waals surface area contributed by atoms with Gasteiger partial charge in [-0.25, -0.2) is 8.42 Å². The van der Waals surface area contributed by atoms with Crippen molar-refractivity contribution in [3.8, 4) is 17.2 Å². The van der Waals surface area contributed by atoms with Crippen LogP contribution in [0.5, 0.6) is 17.2 Å². The largest absolute Gasteiger partial charge is 0.491 e. The molecule has 0 spiro atoms. The molecule has 0 fully saturated rings. The Bertz CT molecular complexity index is 1290. The van der Waals surface area contributed by atoms with Crippen molar-refractivity contribution >= 4 is 21.6 Å². The van der Waals surface area contributed by atoms with Gasteiger partial charge in [-0.1, -0.05) is 24.3 Å². The number of amides is 1. The Balaban J connectivity index is 1.40. The summed E-state index contributed by atoms with van der Waals surface area (Å²) in [5.74, 6) is 1.42. The predicted molar refractivity (Wildman–Crippen MR) is 128 cm³/mol. The highest BCUT2D eigenvalue weighted by atomic mass is 32.2. The molecule has 1 amide bonds. The Hall–Kier alpha value is -3.72. The maximum absolute atomic E-state index is 12.9. The number of hydrogen-bond acceptors (Lipinski definition) is 6. The Morgan fingerprint density at radius 1 is 1.00 bits per heavy atom. The number of carbonyl (C=O) groups excluding carboxylic acids is 1. The number of nitrogens with one attached hydrogen (secondary N) is 1. The van der Waals surface area contributed by atoms with Crippen molar-refractivity contribution in [1.29, 1.82) is 0 Å². The second kappa shape index (κ2) is 10.0. The number of carbonyl (C=O) groups is 1. The number of hydrogen-bond donors (Lipinski definition) is 1. The molecule has 178 valence electrons. The first kappa shape index (κ1) is 23.4. The molecule has 0 radical (unpaired) electrons. The smallest absolute Gasteiger partial charge is 0.262 e. The van der Waals surface area contributed by atoms with Crippen molar-refractivity contribution < 1.29 is 27.4 Å². The number of rotatable bonds is 8. The number of benzene rings is 3. The van der Waals surface area contributed by atoms with Gasteiger partial charge in [-0.15, -0.1) is 0 Å². The fourth-order valence-electron chi connectivity index (χ4n) is 3.45. The molecule has 4 rings (SSSR count). The third-order valence-electron chi connectivity index (χ3n) is 5.31. The average Bonchev–Trinajstić information content (AvgIpc) is 2.84. The third-order valence-corrected chi connectivity index (χ3v) is 6.69. The average molecular weight is 483 g/mol. The minimum absolute atomic E-state index is 0.0407. The molecular weight excluding hydrogens is 456 g/mol.